The fourth-order valence-electron chi connectivity index (χ4n) is 1.93. The van der Waals surface area contributed by atoms with Gasteiger partial charge in [0.05, 0.1) is 0 Å². The molecule has 21 heavy (non-hydrogen) atoms. The van der Waals surface area contributed by atoms with Crippen LogP contribution < -0.4 is 16.0 Å². The molecule has 0 aromatic heterocycles. The van der Waals surface area contributed by atoms with Gasteiger partial charge < -0.3 is 16.0 Å². The van der Waals surface area contributed by atoms with E-state index >= 15 is 0 Å². The lowest BCUT2D eigenvalue weighted by atomic mass is 9.99. The Labute approximate surface area is 147 Å². The molecule has 0 fully saturated rings. The first kappa shape index (κ1) is 22.7. The van der Waals surface area contributed by atoms with Gasteiger partial charge in [0.25, 0.3) is 0 Å². The smallest absolute Gasteiger partial charge is 0.241 e. The van der Waals surface area contributed by atoms with Gasteiger partial charge in [-0.1, -0.05) is 33.1 Å². The highest BCUT2D eigenvalue weighted by Crippen LogP contribution is 2.10. The molecule has 0 spiro atoms. The topological polar surface area (TPSA) is 65.5 Å². The van der Waals surface area contributed by atoms with Gasteiger partial charge in [-0.25, -0.2) is 4.99 Å². The normalized spacial score (nSPS) is 12.3. The molecule has 1 unspecified atom stereocenters. The third-order valence-corrected chi connectivity index (χ3v) is 3.20. The zero-order valence-electron chi connectivity index (χ0n) is 14.0. The first-order valence-electron chi connectivity index (χ1n) is 7.96. The number of guanidine groups is 1. The molecule has 3 N–H and O–H groups in total. The van der Waals surface area contributed by atoms with E-state index in [0.29, 0.717) is 12.5 Å². The van der Waals surface area contributed by atoms with Gasteiger partial charge in [-0.05, 0) is 26.2 Å². The third-order valence-electron chi connectivity index (χ3n) is 3.20. The van der Waals surface area contributed by atoms with Crippen LogP contribution in [0.15, 0.2) is 4.99 Å². The van der Waals surface area contributed by atoms with E-state index in [0.717, 1.165) is 19.0 Å². The van der Waals surface area contributed by atoms with Crippen molar-refractivity contribution in [3.05, 3.63) is 0 Å². The van der Waals surface area contributed by atoms with Crippen LogP contribution in [0.25, 0.3) is 0 Å². The molecular formula is C15H33IN4O. The molecular weight excluding hydrogens is 379 g/mol. The number of unbranched alkanes of at least 4 members (excludes halogenated alkanes) is 1. The number of hydrogen-bond acceptors (Lipinski definition) is 2. The summed E-state index contributed by atoms with van der Waals surface area (Å²) in [5, 5.41) is 9.26. The number of amides is 1. The van der Waals surface area contributed by atoms with Crippen molar-refractivity contribution < 1.29 is 4.79 Å². The minimum absolute atomic E-state index is 0. The van der Waals surface area contributed by atoms with Crippen molar-refractivity contribution in [2.45, 2.75) is 53.4 Å². The molecule has 5 nitrogen and oxygen atoms in total. The molecule has 1 atom stereocenters. The van der Waals surface area contributed by atoms with E-state index < -0.39 is 0 Å². The number of carbonyl (C=O) groups is 1. The minimum Gasteiger partial charge on any atom is -0.357 e. The van der Waals surface area contributed by atoms with Crippen molar-refractivity contribution >= 4 is 35.8 Å². The fraction of sp³-hybridized carbons (Fsp3) is 0.867. The van der Waals surface area contributed by atoms with Crippen LogP contribution in [0.2, 0.25) is 0 Å². The number of carbonyl (C=O) groups excluding carboxylic acids is 1. The Bertz CT molecular complexity index is 285. The highest BCUT2D eigenvalue weighted by atomic mass is 127. The van der Waals surface area contributed by atoms with E-state index in [9.17, 15) is 4.79 Å². The van der Waals surface area contributed by atoms with Crippen molar-refractivity contribution in [3.63, 3.8) is 0 Å². The summed E-state index contributed by atoms with van der Waals surface area (Å²) < 4.78 is 0. The number of rotatable bonds is 10. The number of halogens is 1. The summed E-state index contributed by atoms with van der Waals surface area (Å²) in [5.41, 5.74) is 0. The quantitative estimate of drug-likeness (QED) is 0.294. The molecule has 0 bridgehead atoms. The summed E-state index contributed by atoms with van der Waals surface area (Å²) in [7, 11) is 0. The van der Waals surface area contributed by atoms with Crippen molar-refractivity contribution in [1.29, 1.82) is 0 Å². The molecule has 0 aliphatic carbocycles. The van der Waals surface area contributed by atoms with Crippen molar-refractivity contribution in [3.8, 4) is 0 Å². The maximum absolute atomic E-state index is 11.4. The Morgan fingerprint density at radius 3 is 2.24 bits per heavy atom. The summed E-state index contributed by atoms with van der Waals surface area (Å²) >= 11 is 0. The second-order valence-corrected chi connectivity index (χ2v) is 4.95. The van der Waals surface area contributed by atoms with E-state index in [1.165, 1.54) is 25.7 Å². The number of hydrogen-bond donors (Lipinski definition) is 3. The predicted octanol–water partition coefficient (Wildman–Crippen LogP) is 2.51. The van der Waals surface area contributed by atoms with Crippen LogP contribution in [-0.4, -0.2) is 38.0 Å². The number of nitrogens with one attached hydrogen (secondary N) is 3. The van der Waals surface area contributed by atoms with Gasteiger partial charge in [-0.2, -0.15) is 0 Å². The highest BCUT2D eigenvalue weighted by molar-refractivity contribution is 14.0. The van der Waals surface area contributed by atoms with Gasteiger partial charge >= 0.3 is 0 Å². The van der Waals surface area contributed by atoms with Gasteiger partial charge in [0.15, 0.2) is 5.96 Å². The highest BCUT2D eigenvalue weighted by Gasteiger charge is 2.07. The Kier molecular flexibility index (Phi) is 17.2. The van der Waals surface area contributed by atoms with E-state index in [1.54, 1.807) is 0 Å². The fourth-order valence-corrected chi connectivity index (χ4v) is 1.93. The second-order valence-electron chi connectivity index (χ2n) is 4.95. The zero-order chi connectivity index (χ0) is 15.2. The van der Waals surface area contributed by atoms with Gasteiger partial charge in [0.1, 0.15) is 6.54 Å². The molecule has 6 heteroatoms. The number of likely N-dealkylation sites (N-methyl/N-ethyl adjacent to an activating group) is 1. The standard InChI is InChI=1S/C15H32N4O.HI/c1-5-9-10-13(6-2)11-18-15(17-8-4)19-12-14(20)16-7-3;/h13H,5-12H2,1-4H3,(H,16,20)(H2,17,18,19);1H. The summed E-state index contributed by atoms with van der Waals surface area (Å²) in [6.07, 6.45) is 4.92. The third kappa shape index (κ3) is 12.9. The summed E-state index contributed by atoms with van der Waals surface area (Å²) in [6.45, 7) is 10.9. The van der Waals surface area contributed by atoms with E-state index in [2.05, 4.69) is 34.8 Å². The molecule has 0 heterocycles. The molecule has 0 saturated carbocycles. The number of aliphatic imine (C=N–C) groups is 1. The van der Waals surface area contributed by atoms with E-state index in [1.807, 2.05) is 13.8 Å². The van der Waals surface area contributed by atoms with Crippen LogP contribution in [0.4, 0.5) is 0 Å². The molecule has 0 aromatic carbocycles. The second kappa shape index (κ2) is 15.9. The lowest BCUT2D eigenvalue weighted by Gasteiger charge is -2.17. The van der Waals surface area contributed by atoms with Crippen LogP contribution in [0, 0.1) is 5.92 Å². The molecule has 0 radical (unpaired) electrons. The van der Waals surface area contributed by atoms with Gasteiger partial charge in [-0.15, -0.1) is 24.0 Å². The van der Waals surface area contributed by atoms with Gasteiger partial charge in [0.2, 0.25) is 5.91 Å². The number of nitrogens with zero attached hydrogens (tertiary/aromatic N) is 1. The van der Waals surface area contributed by atoms with Crippen molar-refractivity contribution in [1.82, 2.24) is 16.0 Å². The Balaban J connectivity index is 0. The largest absolute Gasteiger partial charge is 0.357 e. The monoisotopic (exact) mass is 412 g/mol. The van der Waals surface area contributed by atoms with E-state index in [-0.39, 0.29) is 36.4 Å². The first-order chi connectivity index (χ1) is 9.67. The van der Waals surface area contributed by atoms with Crippen molar-refractivity contribution in [2.75, 3.05) is 26.2 Å². The minimum atomic E-state index is -0.0391. The first-order valence-corrected chi connectivity index (χ1v) is 7.96. The molecule has 0 aliphatic rings. The summed E-state index contributed by atoms with van der Waals surface area (Å²) in [6, 6.07) is 0. The molecule has 0 rings (SSSR count). The average Bonchev–Trinajstić information content (AvgIpc) is 2.45. The lowest BCUT2D eigenvalue weighted by Crippen LogP contribution is -2.40. The molecule has 1 amide bonds. The van der Waals surface area contributed by atoms with Crippen LogP contribution in [0.5, 0.6) is 0 Å². The Morgan fingerprint density at radius 2 is 1.71 bits per heavy atom. The summed E-state index contributed by atoms with van der Waals surface area (Å²) in [5.74, 6) is 1.36. The van der Waals surface area contributed by atoms with Crippen LogP contribution >= 0.6 is 24.0 Å². The van der Waals surface area contributed by atoms with Crippen LogP contribution in [0.3, 0.4) is 0 Å². The Hall–Kier alpha value is -0.530. The van der Waals surface area contributed by atoms with Crippen molar-refractivity contribution in [2.24, 2.45) is 10.9 Å². The molecule has 0 aromatic rings. The molecule has 0 saturated heterocycles. The SMILES string of the molecule is CCCCC(CC)CNC(=NCC(=O)NCC)NCC.I. The summed E-state index contributed by atoms with van der Waals surface area (Å²) in [4.78, 5) is 15.7. The van der Waals surface area contributed by atoms with E-state index in [4.69, 9.17) is 0 Å². The maximum atomic E-state index is 11.4. The maximum Gasteiger partial charge on any atom is 0.241 e. The molecule has 126 valence electrons. The van der Waals surface area contributed by atoms with Crippen LogP contribution in [-0.2, 0) is 4.79 Å². The van der Waals surface area contributed by atoms with Gasteiger partial charge in [0, 0.05) is 19.6 Å². The van der Waals surface area contributed by atoms with Crippen LogP contribution in [0.1, 0.15) is 53.4 Å². The Morgan fingerprint density at radius 1 is 1.05 bits per heavy atom. The average molecular weight is 412 g/mol. The predicted molar refractivity (Wildman–Crippen MR) is 101 cm³/mol. The lowest BCUT2D eigenvalue weighted by molar-refractivity contribution is -0.119. The van der Waals surface area contributed by atoms with Gasteiger partial charge in [-0.3, -0.25) is 4.79 Å². The molecule has 0 aliphatic heterocycles. The zero-order valence-corrected chi connectivity index (χ0v) is 16.3.